The van der Waals surface area contributed by atoms with Gasteiger partial charge in [0, 0.05) is 31.6 Å². The maximum Gasteiger partial charge on any atom is 0.308 e. The highest BCUT2D eigenvalue weighted by atomic mass is 19.1. The minimum absolute atomic E-state index is 0.0283. The number of aromatic nitrogens is 2. The molecule has 0 fully saturated rings. The molecule has 1 N–H and O–H groups in total. The molecule has 0 spiro atoms. The van der Waals surface area contributed by atoms with Crippen LogP contribution in [0.2, 0.25) is 0 Å². The zero-order valence-corrected chi connectivity index (χ0v) is 18.4. The molecule has 1 atom stereocenters. The molecule has 1 aromatic heterocycles. The SMILES string of the molecule is COC(=O)C[C@H](O)CC(=O)C=Cc1c(-c2ccc(F)cc2)nc(N(C)C)nc1C(C)C. The van der Waals surface area contributed by atoms with E-state index in [1.54, 1.807) is 23.1 Å². The summed E-state index contributed by atoms with van der Waals surface area (Å²) >= 11 is 0. The summed E-state index contributed by atoms with van der Waals surface area (Å²) in [6.45, 7) is 3.96. The number of carbonyl (C=O) groups is 2. The summed E-state index contributed by atoms with van der Waals surface area (Å²) in [7, 11) is 4.88. The molecule has 0 bridgehead atoms. The Bertz CT molecular complexity index is 956. The molecule has 0 radical (unpaired) electrons. The zero-order chi connectivity index (χ0) is 23.1. The molecule has 7 nitrogen and oxygen atoms in total. The molecule has 0 aliphatic heterocycles. The lowest BCUT2D eigenvalue weighted by Gasteiger charge is -2.19. The van der Waals surface area contributed by atoms with Gasteiger partial charge >= 0.3 is 5.97 Å². The Labute approximate surface area is 181 Å². The third kappa shape index (κ3) is 6.68. The minimum Gasteiger partial charge on any atom is -0.469 e. The number of carbonyl (C=O) groups excluding carboxylic acids is 2. The van der Waals surface area contributed by atoms with Crippen LogP contribution in [0.1, 0.15) is 43.9 Å². The summed E-state index contributed by atoms with van der Waals surface area (Å²) in [5, 5.41) is 9.90. The number of ketones is 1. The molecule has 0 saturated carbocycles. The first-order valence-electron chi connectivity index (χ1n) is 9.93. The number of methoxy groups -OCH3 is 1. The van der Waals surface area contributed by atoms with Crippen molar-refractivity contribution >= 4 is 23.8 Å². The van der Waals surface area contributed by atoms with Gasteiger partial charge in [-0.15, -0.1) is 0 Å². The molecule has 2 rings (SSSR count). The number of aliphatic hydroxyl groups is 1. The van der Waals surface area contributed by atoms with Crippen molar-refractivity contribution in [2.24, 2.45) is 0 Å². The summed E-state index contributed by atoms with van der Waals surface area (Å²) in [5.41, 5.74) is 2.63. The zero-order valence-electron chi connectivity index (χ0n) is 18.4. The molecule has 1 heterocycles. The molecule has 0 saturated heterocycles. The second-order valence-electron chi connectivity index (χ2n) is 7.67. The Hall–Kier alpha value is -3.13. The van der Waals surface area contributed by atoms with E-state index in [2.05, 4.69) is 14.7 Å². The maximum atomic E-state index is 13.5. The molecule has 31 heavy (non-hydrogen) atoms. The highest BCUT2D eigenvalue weighted by molar-refractivity contribution is 5.95. The van der Waals surface area contributed by atoms with Crippen molar-refractivity contribution in [3.63, 3.8) is 0 Å². The lowest BCUT2D eigenvalue weighted by Crippen LogP contribution is -2.17. The predicted molar refractivity (Wildman–Crippen MR) is 117 cm³/mol. The molecule has 0 aliphatic carbocycles. The van der Waals surface area contributed by atoms with Gasteiger partial charge in [-0.2, -0.15) is 0 Å². The molecular weight excluding hydrogens is 401 g/mol. The van der Waals surface area contributed by atoms with Crippen molar-refractivity contribution in [3.05, 3.63) is 47.4 Å². The van der Waals surface area contributed by atoms with Gasteiger partial charge in [0.25, 0.3) is 0 Å². The number of allylic oxidation sites excluding steroid dienone is 1. The summed E-state index contributed by atoms with van der Waals surface area (Å²) in [5.74, 6) is -0.771. The van der Waals surface area contributed by atoms with E-state index < -0.39 is 12.1 Å². The minimum atomic E-state index is -1.13. The monoisotopic (exact) mass is 429 g/mol. The van der Waals surface area contributed by atoms with Crippen molar-refractivity contribution < 1.29 is 23.8 Å². The Balaban J connectivity index is 2.46. The first-order valence-corrected chi connectivity index (χ1v) is 9.93. The van der Waals surface area contributed by atoms with Crippen molar-refractivity contribution in [2.45, 2.75) is 38.7 Å². The lowest BCUT2D eigenvalue weighted by atomic mass is 9.97. The van der Waals surface area contributed by atoms with Crippen LogP contribution in [0.15, 0.2) is 30.3 Å². The highest BCUT2D eigenvalue weighted by Crippen LogP contribution is 2.31. The molecule has 0 amide bonds. The van der Waals surface area contributed by atoms with E-state index >= 15 is 0 Å². The van der Waals surface area contributed by atoms with Crippen molar-refractivity contribution in [1.82, 2.24) is 9.97 Å². The fourth-order valence-electron chi connectivity index (χ4n) is 2.93. The van der Waals surface area contributed by atoms with E-state index in [1.165, 1.54) is 25.3 Å². The summed E-state index contributed by atoms with van der Waals surface area (Å²) < 4.78 is 18.0. The molecule has 166 valence electrons. The number of benzene rings is 1. The summed E-state index contributed by atoms with van der Waals surface area (Å²) in [6.07, 6.45) is 1.35. The van der Waals surface area contributed by atoms with Crippen molar-refractivity contribution in [3.8, 4) is 11.3 Å². The fourth-order valence-corrected chi connectivity index (χ4v) is 2.93. The number of nitrogens with zero attached hydrogens (tertiary/aromatic N) is 3. The van der Waals surface area contributed by atoms with Crippen molar-refractivity contribution in [1.29, 1.82) is 0 Å². The quantitative estimate of drug-likeness (QED) is 0.483. The lowest BCUT2D eigenvalue weighted by molar-refractivity contribution is -0.143. The molecule has 8 heteroatoms. The summed E-state index contributed by atoms with van der Waals surface area (Å²) in [4.78, 5) is 34.6. The van der Waals surface area contributed by atoms with Crippen LogP contribution < -0.4 is 4.90 Å². The maximum absolute atomic E-state index is 13.5. The van der Waals surface area contributed by atoms with Crippen LogP contribution in [-0.4, -0.2) is 54.1 Å². The smallest absolute Gasteiger partial charge is 0.308 e. The number of hydrogen-bond donors (Lipinski definition) is 1. The third-order valence-electron chi connectivity index (χ3n) is 4.53. The Kier molecular flexibility index (Phi) is 8.38. The normalized spacial score (nSPS) is 12.3. The van der Waals surface area contributed by atoms with Gasteiger partial charge in [0.15, 0.2) is 5.78 Å². The van der Waals surface area contributed by atoms with Gasteiger partial charge in [-0.25, -0.2) is 14.4 Å². The first-order chi connectivity index (χ1) is 14.6. The van der Waals surface area contributed by atoms with E-state index in [-0.39, 0.29) is 30.4 Å². The van der Waals surface area contributed by atoms with Gasteiger partial charge in [0.05, 0.1) is 31.0 Å². The molecule has 2 aromatic rings. The molecule has 1 aromatic carbocycles. The predicted octanol–water partition coefficient (Wildman–Crippen LogP) is 3.37. The van der Waals surface area contributed by atoms with E-state index in [4.69, 9.17) is 0 Å². The van der Waals surface area contributed by atoms with E-state index in [1.807, 2.05) is 27.9 Å². The van der Waals surface area contributed by atoms with Gasteiger partial charge in [0.2, 0.25) is 5.95 Å². The van der Waals surface area contributed by atoms with Crippen LogP contribution in [-0.2, 0) is 14.3 Å². The largest absolute Gasteiger partial charge is 0.469 e. The highest BCUT2D eigenvalue weighted by Gasteiger charge is 2.19. The van der Waals surface area contributed by atoms with E-state index in [9.17, 15) is 19.1 Å². The first kappa shape index (κ1) is 24.1. The Morgan fingerprint density at radius 2 is 1.81 bits per heavy atom. The number of esters is 1. The van der Waals surface area contributed by atoms with Gasteiger partial charge in [-0.1, -0.05) is 13.8 Å². The number of halogens is 1. The van der Waals surface area contributed by atoms with Crippen LogP contribution in [0.25, 0.3) is 17.3 Å². The number of anilines is 1. The third-order valence-corrected chi connectivity index (χ3v) is 4.53. The molecule has 0 aliphatic rings. The second-order valence-corrected chi connectivity index (χ2v) is 7.67. The van der Waals surface area contributed by atoms with Gasteiger partial charge in [0.1, 0.15) is 5.82 Å². The molecular formula is C23H28FN3O4. The van der Waals surface area contributed by atoms with Gasteiger partial charge in [-0.3, -0.25) is 9.59 Å². The number of rotatable bonds is 9. The second kappa shape index (κ2) is 10.8. The van der Waals surface area contributed by atoms with Crippen LogP contribution in [0, 0.1) is 5.82 Å². The number of ether oxygens (including phenoxy) is 1. The fraction of sp³-hybridized carbons (Fsp3) is 0.391. The van der Waals surface area contributed by atoms with Crippen LogP contribution in [0.5, 0.6) is 0 Å². The van der Waals surface area contributed by atoms with Gasteiger partial charge in [-0.05, 0) is 42.3 Å². The van der Waals surface area contributed by atoms with Crippen molar-refractivity contribution in [2.75, 3.05) is 26.1 Å². The van der Waals surface area contributed by atoms with Gasteiger partial charge < -0.3 is 14.7 Å². The van der Waals surface area contributed by atoms with Crippen LogP contribution in [0.3, 0.4) is 0 Å². The average molecular weight is 429 g/mol. The average Bonchev–Trinajstić information content (AvgIpc) is 2.71. The van der Waals surface area contributed by atoms with E-state index in [0.717, 1.165) is 5.69 Å². The van der Waals surface area contributed by atoms with Crippen LogP contribution in [0.4, 0.5) is 10.3 Å². The number of aliphatic hydroxyl groups excluding tert-OH is 1. The molecule has 0 unspecified atom stereocenters. The topological polar surface area (TPSA) is 92.6 Å². The Morgan fingerprint density at radius 1 is 1.16 bits per heavy atom. The van der Waals surface area contributed by atoms with Crippen LogP contribution >= 0.6 is 0 Å². The van der Waals surface area contributed by atoms with E-state index in [0.29, 0.717) is 22.8 Å². The Morgan fingerprint density at radius 3 is 2.35 bits per heavy atom. The number of hydrogen-bond acceptors (Lipinski definition) is 7. The standard InChI is InChI=1S/C23H28FN3O4/c1-14(2)21-19(11-10-17(28)12-18(29)13-20(30)31-5)22(26-23(25-21)27(3)4)15-6-8-16(24)9-7-15/h6-11,14,18,29H,12-13H2,1-5H3/t18-/m1/s1. The summed E-state index contributed by atoms with van der Waals surface area (Å²) in [6, 6.07) is 5.95.